The SMILES string of the molecule is CC(Oc1cc(-c2cnc3ccc(OCCN4CC[C@@H](O)C4)cn23)sc1C(N)=O)c1ccccc1Cl. The number of β-amino-alcohol motifs (C(OH)–C–C–N with tert-alkyl or cyclic N) is 1. The molecule has 1 amide bonds. The Balaban J connectivity index is 1.37. The lowest BCUT2D eigenvalue weighted by atomic mass is 10.1. The molecule has 1 aliphatic heterocycles. The number of hydrogen-bond acceptors (Lipinski definition) is 7. The third kappa shape index (κ3) is 5.19. The number of halogens is 1. The molecule has 4 heterocycles. The molecule has 5 rings (SSSR count). The highest BCUT2D eigenvalue weighted by atomic mass is 35.5. The predicted octanol–water partition coefficient (Wildman–Crippen LogP) is 4.40. The van der Waals surface area contributed by atoms with E-state index in [0.29, 0.717) is 34.6 Å². The molecule has 10 heteroatoms. The summed E-state index contributed by atoms with van der Waals surface area (Å²) in [4.78, 5) is 20.0. The van der Waals surface area contributed by atoms with Gasteiger partial charge in [0.2, 0.25) is 0 Å². The normalized spacial score (nSPS) is 16.9. The lowest BCUT2D eigenvalue weighted by molar-refractivity contribution is 0.0998. The average Bonchev–Trinajstić information content (AvgIpc) is 3.57. The summed E-state index contributed by atoms with van der Waals surface area (Å²) in [5.41, 5.74) is 8.05. The van der Waals surface area contributed by atoms with Crippen LogP contribution in [-0.4, -0.2) is 57.6 Å². The van der Waals surface area contributed by atoms with Crippen molar-refractivity contribution in [3.8, 4) is 22.1 Å². The minimum absolute atomic E-state index is 0.243. The fourth-order valence-electron chi connectivity index (χ4n) is 4.36. The third-order valence-corrected chi connectivity index (χ3v) is 7.72. The summed E-state index contributed by atoms with van der Waals surface area (Å²) in [5, 5.41) is 10.3. The average molecular weight is 527 g/mol. The Labute approximate surface area is 217 Å². The number of aliphatic hydroxyl groups is 1. The number of amides is 1. The number of rotatable bonds is 9. The van der Waals surface area contributed by atoms with Crippen LogP contribution in [0.5, 0.6) is 11.5 Å². The molecular weight excluding hydrogens is 500 g/mol. The summed E-state index contributed by atoms with van der Waals surface area (Å²) in [6.07, 6.45) is 3.82. The molecule has 1 unspecified atom stereocenters. The van der Waals surface area contributed by atoms with E-state index in [4.69, 9.17) is 26.8 Å². The first kappa shape index (κ1) is 24.6. The molecule has 1 fully saturated rings. The van der Waals surface area contributed by atoms with Crippen molar-refractivity contribution in [1.29, 1.82) is 0 Å². The molecule has 0 spiro atoms. The van der Waals surface area contributed by atoms with Gasteiger partial charge in [-0.25, -0.2) is 4.98 Å². The number of aliphatic hydroxyl groups excluding tert-OH is 1. The number of benzene rings is 1. The molecule has 3 N–H and O–H groups in total. The highest BCUT2D eigenvalue weighted by molar-refractivity contribution is 7.17. The number of fused-ring (bicyclic) bond motifs is 1. The van der Waals surface area contributed by atoms with E-state index in [2.05, 4.69) is 9.88 Å². The molecule has 4 aromatic rings. The Morgan fingerprint density at radius 3 is 2.92 bits per heavy atom. The van der Waals surface area contributed by atoms with Gasteiger partial charge in [-0.05, 0) is 31.5 Å². The van der Waals surface area contributed by atoms with Crippen LogP contribution < -0.4 is 15.2 Å². The molecule has 2 atom stereocenters. The van der Waals surface area contributed by atoms with Crippen LogP contribution in [0.3, 0.4) is 0 Å². The Kier molecular flexibility index (Phi) is 7.15. The van der Waals surface area contributed by atoms with Crippen LogP contribution in [0.4, 0.5) is 0 Å². The number of aromatic nitrogens is 2. The highest BCUT2D eigenvalue weighted by Crippen LogP contribution is 2.39. The minimum atomic E-state index is -0.558. The van der Waals surface area contributed by atoms with Gasteiger partial charge in [-0.1, -0.05) is 29.8 Å². The van der Waals surface area contributed by atoms with Crippen molar-refractivity contribution in [3.05, 3.63) is 70.3 Å². The summed E-state index contributed by atoms with van der Waals surface area (Å²) >= 11 is 7.59. The highest BCUT2D eigenvalue weighted by Gasteiger charge is 2.22. The number of nitrogens with zero attached hydrogens (tertiary/aromatic N) is 3. The number of imidazole rings is 1. The number of likely N-dealkylation sites (tertiary alicyclic amines) is 1. The second kappa shape index (κ2) is 10.5. The second-order valence-electron chi connectivity index (χ2n) is 8.78. The summed E-state index contributed by atoms with van der Waals surface area (Å²) < 4.78 is 14.0. The monoisotopic (exact) mass is 526 g/mol. The summed E-state index contributed by atoms with van der Waals surface area (Å²) in [6.45, 7) is 4.72. The van der Waals surface area contributed by atoms with Crippen LogP contribution in [-0.2, 0) is 0 Å². The van der Waals surface area contributed by atoms with Gasteiger partial charge < -0.3 is 20.3 Å². The molecule has 3 aromatic heterocycles. The number of carbonyl (C=O) groups is 1. The van der Waals surface area contributed by atoms with E-state index in [0.717, 1.165) is 41.3 Å². The zero-order chi connectivity index (χ0) is 25.2. The zero-order valence-electron chi connectivity index (χ0n) is 19.8. The number of carbonyl (C=O) groups excluding carboxylic acids is 1. The number of pyridine rings is 1. The molecule has 0 aliphatic carbocycles. The smallest absolute Gasteiger partial charge is 0.262 e. The maximum Gasteiger partial charge on any atom is 0.262 e. The Bertz CT molecular complexity index is 1390. The van der Waals surface area contributed by atoms with Crippen LogP contribution in [0.25, 0.3) is 16.2 Å². The van der Waals surface area contributed by atoms with Gasteiger partial charge in [-0.3, -0.25) is 14.1 Å². The first-order chi connectivity index (χ1) is 17.4. The Morgan fingerprint density at radius 2 is 2.17 bits per heavy atom. The summed E-state index contributed by atoms with van der Waals surface area (Å²) in [7, 11) is 0. The van der Waals surface area contributed by atoms with Gasteiger partial charge >= 0.3 is 0 Å². The lowest BCUT2D eigenvalue weighted by Gasteiger charge is -2.16. The van der Waals surface area contributed by atoms with Crippen molar-refractivity contribution in [2.45, 2.75) is 25.6 Å². The standard InChI is InChI=1S/C26H27ClN4O4S/c1-16(19-4-2-3-5-20(19)27)35-22-12-23(36-25(22)26(28)33)21-13-29-24-7-6-18(15-31(21)24)34-11-10-30-9-8-17(32)14-30/h2-7,12-13,15-17,32H,8-11,14H2,1H3,(H2,28,33)/t16?,17-/m1/s1. The van der Waals surface area contributed by atoms with E-state index in [1.807, 2.05) is 53.9 Å². The summed E-state index contributed by atoms with van der Waals surface area (Å²) in [6, 6.07) is 13.0. The van der Waals surface area contributed by atoms with Gasteiger partial charge in [0.25, 0.3) is 5.91 Å². The van der Waals surface area contributed by atoms with Gasteiger partial charge in [-0.15, -0.1) is 11.3 Å². The van der Waals surface area contributed by atoms with E-state index in [1.54, 1.807) is 12.3 Å². The topological polar surface area (TPSA) is 102 Å². The van der Waals surface area contributed by atoms with E-state index in [-0.39, 0.29) is 12.2 Å². The zero-order valence-corrected chi connectivity index (χ0v) is 21.3. The molecule has 8 nitrogen and oxygen atoms in total. The van der Waals surface area contributed by atoms with E-state index in [9.17, 15) is 9.90 Å². The van der Waals surface area contributed by atoms with Gasteiger partial charge in [0.15, 0.2) is 0 Å². The number of thiophene rings is 1. The molecule has 1 aromatic carbocycles. The van der Waals surface area contributed by atoms with Crippen LogP contribution in [0, 0.1) is 0 Å². The third-order valence-electron chi connectivity index (χ3n) is 6.22. The number of nitrogens with two attached hydrogens (primary N) is 1. The first-order valence-electron chi connectivity index (χ1n) is 11.7. The van der Waals surface area contributed by atoms with Gasteiger partial charge in [0.1, 0.15) is 34.7 Å². The van der Waals surface area contributed by atoms with E-state index >= 15 is 0 Å². The van der Waals surface area contributed by atoms with Crippen molar-refractivity contribution < 1.29 is 19.4 Å². The van der Waals surface area contributed by atoms with E-state index in [1.165, 1.54) is 11.3 Å². The fourth-order valence-corrected chi connectivity index (χ4v) is 5.59. The molecular formula is C26H27ClN4O4S. The van der Waals surface area contributed by atoms with Crippen molar-refractivity contribution in [2.75, 3.05) is 26.2 Å². The largest absolute Gasteiger partial charge is 0.491 e. The molecule has 0 saturated carbocycles. The number of primary amides is 1. The van der Waals surface area contributed by atoms with Gasteiger partial charge in [0, 0.05) is 36.3 Å². The van der Waals surface area contributed by atoms with E-state index < -0.39 is 5.91 Å². The fraction of sp³-hybridized carbons (Fsp3) is 0.308. The molecule has 0 bridgehead atoms. The number of hydrogen-bond donors (Lipinski definition) is 2. The number of ether oxygens (including phenoxy) is 2. The lowest BCUT2D eigenvalue weighted by Crippen LogP contribution is -2.27. The first-order valence-corrected chi connectivity index (χ1v) is 12.9. The van der Waals surface area contributed by atoms with Crippen LogP contribution >= 0.6 is 22.9 Å². The molecule has 1 saturated heterocycles. The van der Waals surface area contributed by atoms with Crippen molar-refractivity contribution in [3.63, 3.8) is 0 Å². The molecule has 0 radical (unpaired) electrons. The Hall–Kier alpha value is -3.11. The maximum absolute atomic E-state index is 12.2. The molecule has 188 valence electrons. The van der Waals surface area contributed by atoms with Gasteiger partial charge in [0.05, 0.1) is 29.1 Å². The molecule has 1 aliphatic rings. The van der Waals surface area contributed by atoms with Crippen LogP contribution in [0.15, 0.2) is 54.9 Å². The summed E-state index contributed by atoms with van der Waals surface area (Å²) in [5.74, 6) is 0.555. The minimum Gasteiger partial charge on any atom is -0.491 e. The van der Waals surface area contributed by atoms with Gasteiger partial charge in [-0.2, -0.15) is 0 Å². The maximum atomic E-state index is 12.2. The van der Waals surface area contributed by atoms with Crippen molar-refractivity contribution in [2.24, 2.45) is 5.73 Å². The quantitative estimate of drug-likeness (QED) is 0.335. The molecule has 36 heavy (non-hydrogen) atoms. The Morgan fingerprint density at radius 1 is 1.33 bits per heavy atom. The van der Waals surface area contributed by atoms with Crippen molar-refractivity contribution in [1.82, 2.24) is 14.3 Å². The second-order valence-corrected chi connectivity index (χ2v) is 10.2. The van der Waals surface area contributed by atoms with Crippen LogP contribution in [0.1, 0.15) is 34.7 Å². The van der Waals surface area contributed by atoms with Crippen molar-refractivity contribution >= 4 is 34.5 Å². The predicted molar refractivity (Wildman–Crippen MR) is 140 cm³/mol. The van der Waals surface area contributed by atoms with Crippen LogP contribution in [0.2, 0.25) is 5.02 Å².